The van der Waals surface area contributed by atoms with E-state index in [1.807, 2.05) is 6.92 Å². The predicted octanol–water partition coefficient (Wildman–Crippen LogP) is 6.11. The van der Waals surface area contributed by atoms with Crippen molar-refractivity contribution in [3.63, 3.8) is 0 Å². The van der Waals surface area contributed by atoms with Crippen molar-refractivity contribution in [2.45, 2.75) is 103 Å². The maximum atomic E-state index is 15.1. The Morgan fingerprint density at radius 3 is 2.33 bits per heavy atom. The summed E-state index contributed by atoms with van der Waals surface area (Å²) in [5, 5.41) is 0. The van der Waals surface area contributed by atoms with Crippen LogP contribution in [0.25, 0.3) is 0 Å². The summed E-state index contributed by atoms with van der Waals surface area (Å²) in [5.41, 5.74) is 0. The smallest absolute Gasteiger partial charge is 0.129 e. The number of rotatable bonds is 6. The zero-order chi connectivity index (χ0) is 17.3. The third-order valence-electron chi connectivity index (χ3n) is 7.21. The Hall–Kier alpha value is -0.180. The molecule has 3 fully saturated rings. The van der Waals surface area contributed by atoms with Gasteiger partial charge in [0.1, 0.15) is 12.3 Å². The summed E-state index contributed by atoms with van der Waals surface area (Å²) in [7, 11) is 0. The van der Waals surface area contributed by atoms with Gasteiger partial charge in [0.05, 0.1) is 12.2 Å². The molecule has 1 heterocycles. The summed E-state index contributed by atoms with van der Waals surface area (Å²) < 4.78 is 35.6. The van der Waals surface area contributed by atoms with Crippen LogP contribution >= 0.6 is 0 Å². The van der Waals surface area contributed by atoms with E-state index in [0.717, 1.165) is 44.4 Å². The summed E-state index contributed by atoms with van der Waals surface area (Å²) in [5.74, 6) is 1.50. The van der Waals surface area contributed by atoms with Crippen molar-refractivity contribution in [1.29, 1.82) is 0 Å². The Labute approximate surface area is 146 Å². The lowest BCUT2D eigenvalue weighted by Crippen LogP contribution is -2.40. The van der Waals surface area contributed by atoms with Crippen LogP contribution in [0.4, 0.5) is 8.78 Å². The Morgan fingerprint density at radius 1 is 0.958 bits per heavy atom. The zero-order valence-electron chi connectivity index (χ0n) is 15.7. The minimum absolute atomic E-state index is 0.0697. The Morgan fingerprint density at radius 2 is 1.62 bits per heavy atom. The average molecular weight is 343 g/mol. The van der Waals surface area contributed by atoms with Crippen LogP contribution in [0.2, 0.25) is 0 Å². The van der Waals surface area contributed by atoms with Crippen molar-refractivity contribution < 1.29 is 13.5 Å². The first-order valence-corrected chi connectivity index (χ1v) is 10.5. The molecular formula is C21H36F2O. The fourth-order valence-corrected chi connectivity index (χ4v) is 5.69. The Kier molecular flexibility index (Phi) is 6.21. The topological polar surface area (TPSA) is 9.23 Å². The molecule has 0 aromatic rings. The lowest BCUT2D eigenvalue weighted by atomic mass is 9.68. The number of ether oxygens (including phenoxy) is 1. The van der Waals surface area contributed by atoms with Gasteiger partial charge in [0.25, 0.3) is 0 Å². The van der Waals surface area contributed by atoms with Gasteiger partial charge in [-0.3, -0.25) is 0 Å². The highest BCUT2D eigenvalue weighted by atomic mass is 19.1. The maximum Gasteiger partial charge on any atom is 0.129 e. The number of alkyl halides is 2. The molecule has 2 saturated carbocycles. The first-order chi connectivity index (χ1) is 11.5. The van der Waals surface area contributed by atoms with Crippen LogP contribution in [0, 0.1) is 29.6 Å². The first-order valence-electron chi connectivity index (χ1n) is 10.5. The average Bonchev–Trinajstić information content (AvgIpc) is 2.94. The van der Waals surface area contributed by atoms with E-state index in [1.165, 1.54) is 19.3 Å². The van der Waals surface area contributed by atoms with Gasteiger partial charge in [-0.15, -0.1) is 0 Å². The highest BCUT2D eigenvalue weighted by Gasteiger charge is 2.55. The molecule has 24 heavy (non-hydrogen) atoms. The molecule has 1 saturated heterocycles. The van der Waals surface area contributed by atoms with Crippen LogP contribution in [0.3, 0.4) is 0 Å². The molecule has 9 atom stereocenters. The number of halogens is 2. The predicted molar refractivity (Wildman–Crippen MR) is 94.5 cm³/mol. The van der Waals surface area contributed by atoms with Crippen LogP contribution < -0.4 is 0 Å². The molecule has 0 aromatic heterocycles. The van der Waals surface area contributed by atoms with Gasteiger partial charge in [0.15, 0.2) is 0 Å². The fourth-order valence-electron chi connectivity index (χ4n) is 5.69. The van der Waals surface area contributed by atoms with Crippen molar-refractivity contribution >= 4 is 0 Å². The molecule has 0 spiro atoms. The molecular weight excluding hydrogens is 306 g/mol. The number of fused-ring (bicyclic) bond motifs is 3. The van der Waals surface area contributed by atoms with Crippen LogP contribution in [0.1, 0.15) is 78.6 Å². The Bertz CT molecular complexity index is 401. The standard InChI is InChI=1S/C21H36F2O/c1-4-6-13(2)7-5-8-15-10-12-17-16-11-9-14(3)18(22)20(16)24-21(17)19(15)23/h13-21H,4-12H2,1-3H3. The molecule has 9 unspecified atom stereocenters. The normalized spacial score (nSPS) is 46.4. The maximum absolute atomic E-state index is 15.1. The van der Waals surface area contributed by atoms with Crippen molar-refractivity contribution in [3.8, 4) is 0 Å². The van der Waals surface area contributed by atoms with Crippen molar-refractivity contribution in [3.05, 3.63) is 0 Å². The van der Waals surface area contributed by atoms with Crippen molar-refractivity contribution in [1.82, 2.24) is 0 Å². The SMILES string of the molecule is CCCC(C)CCCC1CCC2C3CCC(C)C(F)C3OC2C1F. The zero-order valence-corrected chi connectivity index (χ0v) is 15.7. The summed E-state index contributed by atoms with van der Waals surface area (Å²) in [6.45, 7) is 6.51. The van der Waals surface area contributed by atoms with Crippen molar-refractivity contribution in [2.75, 3.05) is 0 Å². The van der Waals surface area contributed by atoms with Crippen LogP contribution in [-0.4, -0.2) is 24.6 Å². The highest BCUT2D eigenvalue weighted by molar-refractivity contribution is 5.03. The van der Waals surface area contributed by atoms with E-state index in [4.69, 9.17) is 4.74 Å². The summed E-state index contributed by atoms with van der Waals surface area (Å²) in [6.07, 6.45) is 7.38. The van der Waals surface area contributed by atoms with Gasteiger partial charge in [-0.05, 0) is 61.7 Å². The third kappa shape index (κ3) is 3.66. The summed E-state index contributed by atoms with van der Waals surface area (Å²) in [4.78, 5) is 0. The van der Waals surface area contributed by atoms with E-state index in [-0.39, 0.29) is 35.9 Å². The highest BCUT2D eigenvalue weighted by Crippen LogP contribution is 2.51. The molecule has 1 nitrogen and oxygen atoms in total. The van der Waals surface area contributed by atoms with Crippen LogP contribution in [0.5, 0.6) is 0 Å². The molecule has 140 valence electrons. The van der Waals surface area contributed by atoms with Crippen molar-refractivity contribution in [2.24, 2.45) is 29.6 Å². The molecule has 0 N–H and O–H groups in total. The fraction of sp³-hybridized carbons (Fsp3) is 1.00. The molecule has 1 aliphatic heterocycles. The van der Waals surface area contributed by atoms with Gasteiger partial charge in [-0.25, -0.2) is 8.78 Å². The van der Waals surface area contributed by atoms with Gasteiger partial charge in [-0.1, -0.05) is 46.5 Å². The molecule has 0 amide bonds. The Balaban J connectivity index is 1.53. The second-order valence-electron chi connectivity index (χ2n) is 9.00. The lowest BCUT2D eigenvalue weighted by molar-refractivity contribution is -0.0863. The minimum atomic E-state index is -0.894. The minimum Gasteiger partial charge on any atom is -0.368 e. The number of hydrogen-bond acceptors (Lipinski definition) is 1. The van der Waals surface area contributed by atoms with E-state index in [2.05, 4.69) is 13.8 Å². The van der Waals surface area contributed by atoms with E-state index in [1.54, 1.807) is 0 Å². The van der Waals surface area contributed by atoms with Crippen LogP contribution in [0.15, 0.2) is 0 Å². The summed E-state index contributed by atoms with van der Waals surface area (Å²) in [6, 6.07) is 0. The van der Waals surface area contributed by atoms with Gasteiger partial charge in [0.2, 0.25) is 0 Å². The molecule has 3 rings (SSSR count). The molecule has 0 bridgehead atoms. The third-order valence-corrected chi connectivity index (χ3v) is 7.21. The second-order valence-corrected chi connectivity index (χ2v) is 9.00. The van der Waals surface area contributed by atoms with E-state index in [0.29, 0.717) is 0 Å². The number of hydrogen-bond donors (Lipinski definition) is 0. The van der Waals surface area contributed by atoms with E-state index < -0.39 is 12.3 Å². The van der Waals surface area contributed by atoms with Gasteiger partial charge < -0.3 is 4.74 Å². The molecule has 3 aliphatic rings. The second kappa shape index (κ2) is 8.01. The van der Waals surface area contributed by atoms with E-state index in [9.17, 15) is 4.39 Å². The quantitative estimate of drug-likeness (QED) is 0.566. The molecule has 2 aliphatic carbocycles. The summed E-state index contributed by atoms with van der Waals surface area (Å²) >= 11 is 0. The van der Waals surface area contributed by atoms with Gasteiger partial charge >= 0.3 is 0 Å². The molecule has 0 radical (unpaired) electrons. The van der Waals surface area contributed by atoms with Gasteiger partial charge in [0, 0.05) is 0 Å². The van der Waals surface area contributed by atoms with Crippen LogP contribution in [-0.2, 0) is 4.74 Å². The largest absolute Gasteiger partial charge is 0.368 e. The van der Waals surface area contributed by atoms with Gasteiger partial charge in [-0.2, -0.15) is 0 Å². The first kappa shape index (κ1) is 18.6. The molecule has 0 aromatic carbocycles. The molecule has 3 heteroatoms. The lowest BCUT2D eigenvalue weighted by Gasteiger charge is -2.37. The van der Waals surface area contributed by atoms with E-state index >= 15 is 4.39 Å². The monoisotopic (exact) mass is 342 g/mol.